The number of carboxylic acids is 1. The van der Waals surface area contributed by atoms with E-state index in [4.69, 9.17) is 5.11 Å². The van der Waals surface area contributed by atoms with Crippen molar-refractivity contribution in [1.29, 1.82) is 0 Å². The van der Waals surface area contributed by atoms with Gasteiger partial charge in [0.05, 0.1) is 17.6 Å². The Hall–Kier alpha value is -2.37. The third-order valence-electron chi connectivity index (χ3n) is 3.88. The van der Waals surface area contributed by atoms with Crippen molar-refractivity contribution >= 4 is 22.9 Å². The van der Waals surface area contributed by atoms with Gasteiger partial charge in [-0.05, 0) is 25.0 Å². The monoisotopic (exact) mass is 273 g/mol. The third kappa shape index (κ3) is 1.84. The van der Waals surface area contributed by atoms with Crippen molar-refractivity contribution in [3.8, 4) is 0 Å². The van der Waals surface area contributed by atoms with Gasteiger partial charge in [0.1, 0.15) is 11.2 Å². The number of aliphatic carboxylic acids is 1. The number of aromatic nitrogens is 2. The zero-order chi connectivity index (χ0) is 14.3. The van der Waals surface area contributed by atoms with Crippen molar-refractivity contribution in [2.24, 2.45) is 12.5 Å². The van der Waals surface area contributed by atoms with Crippen LogP contribution in [0.1, 0.15) is 18.7 Å². The first kappa shape index (κ1) is 12.7. The zero-order valence-electron chi connectivity index (χ0n) is 11.1. The number of hydrogen-bond acceptors (Lipinski definition) is 3. The molecule has 0 atom stereocenters. The maximum atomic E-state index is 11.9. The van der Waals surface area contributed by atoms with Crippen LogP contribution in [0.15, 0.2) is 24.3 Å². The first-order valence-corrected chi connectivity index (χ1v) is 6.47. The standard InChI is InChI=1S/C14H15N3O3/c1-17-10-5-3-2-4-9(10)16-11(17)8-15-12(18)14(6-7-14)13(19)20/h2-5H,6-8H2,1H3,(H,15,18)(H,19,20). The second-order valence-electron chi connectivity index (χ2n) is 5.15. The molecule has 1 aromatic heterocycles. The first-order chi connectivity index (χ1) is 9.54. The van der Waals surface area contributed by atoms with Crippen LogP contribution in [0.3, 0.4) is 0 Å². The second kappa shape index (κ2) is 4.33. The minimum absolute atomic E-state index is 0.235. The average molecular weight is 273 g/mol. The van der Waals surface area contributed by atoms with Gasteiger partial charge in [-0.2, -0.15) is 0 Å². The van der Waals surface area contributed by atoms with Gasteiger partial charge < -0.3 is 15.0 Å². The van der Waals surface area contributed by atoms with E-state index in [9.17, 15) is 9.59 Å². The predicted octanol–water partition coefficient (Wildman–Crippen LogP) is 1.05. The Kier molecular flexibility index (Phi) is 2.74. The number of carbonyl (C=O) groups excluding carboxylic acids is 1. The number of amides is 1. The number of hydrogen-bond donors (Lipinski definition) is 2. The molecule has 6 heteroatoms. The largest absolute Gasteiger partial charge is 0.480 e. The van der Waals surface area contributed by atoms with Gasteiger partial charge in [-0.25, -0.2) is 4.98 Å². The molecule has 104 valence electrons. The number of para-hydroxylation sites is 2. The Morgan fingerprint density at radius 3 is 2.70 bits per heavy atom. The molecule has 0 aliphatic heterocycles. The minimum atomic E-state index is -1.20. The van der Waals surface area contributed by atoms with Crippen LogP contribution in [0.5, 0.6) is 0 Å². The van der Waals surface area contributed by atoms with Gasteiger partial charge in [-0.15, -0.1) is 0 Å². The molecule has 0 unspecified atom stereocenters. The highest BCUT2D eigenvalue weighted by atomic mass is 16.4. The fraction of sp³-hybridized carbons (Fsp3) is 0.357. The average Bonchev–Trinajstić information content (AvgIpc) is 3.19. The molecule has 1 fully saturated rings. The summed E-state index contributed by atoms with van der Waals surface area (Å²) in [6, 6.07) is 7.69. The molecule has 1 aromatic carbocycles. The lowest BCUT2D eigenvalue weighted by Crippen LogP contribution is -2.37. The summed E-state index contributed by atoms with van der Waals surface area (Å²) in [5, 5.41) is 11.7. The van der Waals surface area contributed by atoms with Crippen molar-refractivity contribution < 1.29 is 14.7 Å². The van der Waals surface area contributed by atoms with Gasteiger partial charge >= 0.3 is 5.97 Å². The third-order valence-corrected chi connectivity index (χ3v) is 3.88. The molecule has 20 heavy (non-hydrogen) atoms. The Balaban J connectivity index is 1.76. The normalized spacial score (nSPS) is 16.1. The number of nitrogens with one attached hydrogen (secondary N) is 1. The van der Waals surface area contributed by atoms with Crippen LogP contribution in [0.4, 0.5) is 0 Å². The number of rotatable bonds is 4. The number of carboxylic acid groups (broad SMARTS) is 1. The maximum absolute atomic E-state index is 11.9. The number of carbonyl (C=O) groups is 2. The van der Waals surface area contributed by atoms with E-state index in [1.165, 1.54) is 0 Å². The Morgan fingerprint density at radius 2 is 2.10 bits per heavy atom. The summed E-state index contributed by atoms with van der Waals surface area (Å²) in [5.74, 6) is -0.752. The zero-order valence-corrected chi connectivity index (χ0v) is 11.1. The first-order valence-electron chi connectivity index (χ1n) is 6.47. The highest BCUT2D eigenvalue weighted by molar-refractivity contribution is 6.04. The summed E-state index contributed by atoms with van der Waals surface area (Å²) >= 11 is 0. The molecule has 0 radical (unpaired) electrons. The molecule has 1 heterocycles. The molecule has 0 spiro atoms. The molecule has 3 rings (SSSR count). The van der Waals surface area contributed by atoms with Gasteiger partial charge in [0.15, 0.2) is 0 Å². The summed E-state index contributed by atoms with van der Waals surface area (Å²) in [4.78, 5) is 27.4. The lowest BCUT2D eigenvalue weighted by atomic mass is 10.1. The molecule has 0 saturated heterocycles. The van der Waals surface area contributed by atoms with Crippen LogP contribution in [0.25, 0.3) is 11.0 Å². The topological polar surface area (TPSA) is 84.2 Å². The molecule has 1 aliphatic rings. The molecular formula is C14H15N3O3. The Bertz CT molecular complexity index is 701. The van der Waals surface area contributed by atoms with Crippen LogP contribution in [-0.4, -0.2) is 26.5 Å². The number of fused-ring (bicyclic) bond motifs is 1. The van der Waals surface area contributed by atoms with Crippen LogP contribution in [0, 0.1) is 5.41 Å². The van der Waals surface area contributed by atoms with Crippen molar-refractivity contribution in [1.82, 2.24) is 14.9 Å². The highest BCUT2D eigenvalue weighted by Gasteiger charge is 2.56. The molecule has 1 aliphatic carbocycles. The van der Waals surface area contributed by atoms with Gasteiger partial charge in [0, 0.05) is 7.05 Å². The fourth-order valence-corrected chi connectivity index (χ4v) is 2.35. The molecular weight excluding hydrogens is 258 g/mol. The Morgan fingerprint density at radius 1 is 1.40 bits per heavy atom. The Labute approximate surface area is 115 Å². The van der Waals surface area contributed by atoms with Crippen molar-refractivity contribution in [3.63, 3.8) is 0 Å². The number of nitrogens with zero attached hydrogens (tertiary/aromatic N) is 2. The summed E-state index contributed by atoms with van der Waals surface area (Å²) in [7, 11) is 1.88. The molecule has 6 nitrogen and oxygen atoms in total. The molecule has 2 aromatic rings. The van der Waals surface area contributed by atoms with Gasteiger partial charge in [-0.3, -0.25) is 9.59 Å². The van der Waals surface area contributed by atoms with Crippen LogP contribution < -0.4 is 5.32 Å². The summed E-state index contributed by atoms with van der Waals surface area (Å²) < 4.78 is 1.90. The highest BCUT2D eigenvalue weighted by Crippen LogP contribution is 2.46. The van der Waals surface area contributed by atoms with E-state index in [0.29, 0.717) is 18.7 Å². The SMILES string of the molecule is Cn1c(CNC(=O)C2(C(=O)O)CC2)nc2ccccc21. The van der Waals surface area contributed by atoms with Gasteiger partial charge in [0.2, 0.25) is 5.91 Å². The van der Waals surface area contributed by atoms with Crippen molar-refractivity contribution in [2.75, 3.05) is 0 Å². The van der Waals surface area contributed by atoms with E-state index < -0.39 is 17.3 Å². The lowest BCUT2D eigenvalue weighted by molar-refractivity contribution is -0.149. The van der Waals surface area contributed by atoms with E-state index >= 15 is 0 Å². The number of imidazole rings is 1. The summed E-state index contributed by atoms with van der Waals surface area (Å²) in [6.07, 6.45) is 0.827. The maximum Gasteiger partial charge on any atom is 0.319 e. The number of benzene rings is 1. The van der Waals surface area contributed by atoms with E-state index in [1.54, 1.807) is 0 Å². The van der Waals surface area contributed by atoms with E-state index in [-0.39, 0.29) is 6.54 Å². The molecule has 1 amide bonds. The van der Waals surface area contributed by atoms with Crippen molar-refractivity contribution in [2.45, 2.75) is 19.4 Å². The van der Waals surface area contributed by atoms with Crippen LogP contribution in [0.2, 0.25) is 0 Å². The molecule has 0 bridgehead atoms. The smallest absolute Gasteiger partial charge is 0.319 e. The van der Waals surface area contributed by atoms with Crippen molar-refractivity contribution in [3.05, 3.63) is 30.1 Å². The predicted molar refractivity (Wildman–Crippen MR) is 71.9 cm³/mol. The van der Waals surface area contributed by atoms with E-state index in [2.05, 4.69) is 10.3 Å². The lowest BCUT2D eigenvalue weighted by Gasteiger charge is -2.10. The molecule has 1 saturated carbocycles. The quantitative estimate of drug-likeness (QED) is 0.816. The molecule has 2 N–H and O–H groups in total. The van der Waals surface area contributed by atoms with Gasteiger partial charge in [0.25, 0.3) is 0 Å². The summed E-state index contributed by atoms with van der Waals surface area (Å²) in [5.41, 5.74) is 0.639. The van der Waals surface area contributed by atoms with Crippen LogP contribution in [-0.2, 0) is 23.2 Å². The van der Waals surface area contributed by atoms with E-state index in [0.717, 1.165) is 11.0 Å². The fourth-order valence-electron chi connectivity index (χ4n) is 2.35. The minimum Gasteiger partial charge on any atom is -0.480 e. The number of aryl methyl sites for hydroxylation is 1. The van der Waals surface area contributed by atoms with Crippen LogP contribution >= 0.6 is 0 Å². The van der Waals surface area contributed by atoms with Gasteiger partial charge in [-0.1, -0.05) is 12.1 Å². The summed E-state index contributed by atoms with van der Waals surface area (Å²) in [6.45, 7) is 0.235. The second-order valence-corrected chi connectivity index (χ2v) is 5.15. The van der Waals surface area contributed by atoms with E-state index in [1.807, 2.05) is 35.9 Å².